The molecule has 2 aliphatic rings. The van der Waals surface area contributed by atoms with Crippen LogP contribution in [-0.2, 0) is 11.2 Å². The van der Waals surface area contributed by atoms with E-state index in [4.69, 9.17) is 9.84 Å². The number of nitrogens with one attached hydrogen (secondary N) is 1. The topological polar surface area (TPSA) is 65.0 Å². The summed E-state index contributed by atoms with van der Waals surface area (Å²) in [5, 5.41) is 10.4. The van der Waals surface area contributed by atoms with Crippen LogP contribution in [0.1, 0.15) is 36.4 Å². The normalized spacial score (nSPS) is 16.4. The number of nitrogens with zero attached hydrogens (tertiary/aromatic N) is 2. The van der Waals surface area contributed by atoms with Crippen molar-refractivity contribution in [2.24, 2.45) is 0 Å². The van der Waals surface area contributed by atoms with Gasteiger partial charge in [0.1, 0.15) is 5.75 Å². The Hall–Kier alpha value is -2.57. The molecule has 0 bridgehead atoms. The number of amides is 1. The molecule has 1 fully saturated rings. The molecule has 0 aromatic heterocycles. The van der Waals surface area contributed by atoms with Crippen molar-refractivity contribution in [1.29, 1.82) is 0 Å². The molecule has 4 rings (SSSR count). The Kier molecular flexibility index (Phi) is 8.74. The maximum atomic E-state index is 13.0. The Labute approximate surface area is 185 Å². The molecule has 0 saturated carbocycles. The number of aryl methyl sites for hydroxylation is 1. The van der Waals surface area contributed by atoms with Crippen molar-refractivity contribution in [3.63, 3.8) is 0 Å². The van der Waals surface area contributed by atoms with Gasteiger partial charge < -0.3 is 25.0 Å². The van der Waals surface area contributed by atoms with Crippen molar-refractivity contribution in [2.75, 3.05) is 52.3 Å². The minimum atomic E-state index is 0.00824. The van der Waals surface area contributed by atoms with E-state index in [-0.39, 0.29) is 18.6 Å². The van der Waals surface area contributed by atoms with E-state index in [1.165, 1.54) is 29.7 Å². The van der Waals surface area contributed by atoms with E-state index in [2.05, 4.69) is 34.5 Å². The lowest BCUT2D eigenvalue weighted by atomic mass is 10.0. The molecule has 1 saturated heterocycles. The first-order valence-corrected chi connectivity index (χ1v) is 11.2. The summed E-state index contributed by atoms with van der Waals surface area (Å²) in [6, 6.07) is 16.4. The Bertz CT molecular complexity index is 822. The maximum Gasteiger partial charge on any atom is 0.260 e. The Balaban J connectivity index is 0.00000132. The van der Waals surface area contributed by atoms with Gasteiger partial charge in [-0.15, -0.1) is 0 Å². The first-order chi connectivity index (χ1) is 15.2. The standard InChI is InChI=1S/C24H31N3O2.CH4O/c1-26(23(17-27-14-5-6-15-27)19-8-3-2-4-9-19)24(28)18-29-21-11-12-22-20(16-21)10-7-13-25-22;1-2/h2-4,8-9,11-12,16,23,25H,5-7,10,13-15,17-18H2,1H3;2H,1H3/t23-;/m1./s1. The number of hydrogen-bond acceptors (Lipinski definition) is 5. The number of carbonyl (C=O) groups excluding carboxylic acids is 1. The molecular weight excluding hydrogens is 390 g/mol. The highest BCUT2D eigenvalue weighted by atomic mass is 16.5. The molecule has 0 unspecified atom stereocenters. The van der Waals surface area contributed by atoms with Crippen LogP contribution in [0.15, 0.2) is 48.5 Å². The third-order valence-electron chi connectivity index (χ3n) is 6.05. The van der Waals surface area contributed by atoms with E-state index < -0.39 is 0 Å². The number of likely N-dealkylation sites (N-methyl/N-ethyl adjacent to an activating group) is 1. The van der Waals surface area contributed by atoms with Crippen molar-refractivity contribution >= 4 is 11.6 Å². The first kappa shape index (κ1) is 23.1. The second kappa shape index (κ2) is 11.7. The van der Waals surface area contributed by atoms with Crippen LogP contribution in [0.4, 0.5) is 5.69 Å². The molecule has 2 aromatic rings. The third kappa shape index (κ3) is 6.21. The Morgan fingerprint density at radius 3 is 2.61 bits per heavy atom. The number of ether oxygens (including phenoxy) is 1. The molecule has 6 nitrogen and oxygen atoms in total. The van der Waals surface area contributed by atoms with Gasteiger partial charge >= 0.3 is 0 Å². The van der Waals surface area contributed by atoms with E-state index in [0.717, 1.165) is 51.9 Å². The monoisotopic (exact) mass is 425 g/mol. The van der Waals surface area contributed by atoms with E-state index in [9.17, 15) is 4.79 Å². The summed E-state index contributed by atoms with van der Waals surface area (Å²) in [5.74, 6) is 0.777. The molecule has 2 N–H and O–H groups in total. The maximum absolute atomic E-state index is 13.0. The average molecular weight is 426 g/mol. The quantitative estimate of drug-likeness (QED) is 0.712. The summed E-state index contributed by atoms with van der Waals surface area (Å²) < 4.78 is 5.88. The van der Waals surface area contributed by atoms with Crippen molar-refractivity contribution in [3.8, 4) is 5.75 Å². The van der Waals surface area contributed by atoms with Crippen LogP contribution in [0.5, 0.6) is 5.75 Å². The zero-order valence-corrected chi connectivity index (χ0v) is 18.7. The Morgan fingerprint density at radius 1 is 1.13 bits per heavy atom. The summed E-state index contributed by atoms with van der Waals surface area (Å²) in [5.41, 5.74) is 3.63. The number of rotatable bonds is 7. The number of aliphatic hydroxyl groups excluding tert-OH is 1. The lowest BCUT2D eigenvalue weighted by Gasteiger charge is -2.32. The summed E-state index contributed by atoms with van der Waals surface area (Å²) in [6.07, 6.45) is 4.68. The lowest BCUT2D eigenvalue weighted by molar-refractivity contribution is -0.134. The van der Waals surface area contributed by atoms with Crippen LogP contribution in [-0.4, -0.2) is 67.8 Å². The number of likely N-dealkylation sites (tertiary alicyclic amines) is 1. The molecule has 0 aliphatic carbocycles. The molecule has 6 heteroatoms. The number of fused-ring (bicyclic) bond motifs is 1. The third-order valence-corrected chi connectivity index (χ3v) is 6.05. The fourth-order valence-electron chi connectivity index (χ4n) is 4.30. The minimum Gasteiger partial charge on any atom is -0.484 e. The van der Waals surface area contributed by atoms with Gasteiger partial charge in [0.25, 0.3) is 5.91 Å². The van der Waals surface area contributed by atoms with E-state index in [1.54, 1.807) is 0 Å². The largest absolute Gasteiger partial charge is 0.484 e. The lowest BCUT2D eigenvalue weighted by Crippen LogP contribution is -2.40. The molecule has 2 aliphatic heterocycles. The molecule has 2 aromatic carbocycles. The molecule has 0 radical (unpaired) electrons. The molecule has 2 heterocycles. The van der Waals surface area contributed by atoms with Crippen LogP contribution < -0.4 is 10.1 Å². The van der Waals surface area contributed by atoms with Gasteiger partial charge in [-0.25, -0.2) is 0 Å². The number of aliphatic hydroxyl groups is 1. The van der Waals surface area contributed by atoms with Gasteiger partial charge in [-0.3, -0.25) is 4.79 Å². The number of benzene rings is 2. The van der Waals surface area contributed by atoms with Crippen LogP contribution in [0.2, 0.25) is 0 Å². The van der Waals surface area contributed by atoms with E-state index in [1.807, 2.05) is 36.2 Å². The van der Waals surface area contributed by atoms with Gasteiger partial charge in [-0.05, 0) is 68.1 Å². The zero-order chi connectivity index (χ0) is 22.1. The molecule has 1 atom stereocenters. The van der Waals surface area contributed by atoms with Crippen molar-refractivity contribution in [2.45, 2.75) is 31.7 Å². The van der Waals surface area contributed by atoms with Gasteiger partial charge in [0, 0.05) is 32.9 Å². The second-order valence-electron chi connectivity index (χ2n) is 8.08. The highest BCUT2D eigenvalue weighted by Gasteiger charge is 2.25. The highest BCUT2D eigenvalue weighted by molar-refractivity contribution is 5.78. The molecule has 168 valence electrons. The van der Waals surface area contributed by atoms with Gasteiger partial charge in [0.15, 0.2) is 6.61 Å². The minimum absolute atomic E-state index is 0.00824. The predicted octanol–water partition coefficient (Wildman–Crippen LogP) is 3.33. The van der Waals surface area contributed by atoms with Crippen molar-refractivity contribution < 1.29 is 14.6 Å². The van der Waals surface area contributed by atoms with Gasteiger partial charge in [0.05, 0.1) is 6.04 Å². The summed E-state index contributed by atoms with van der Waals surface area (Å²) in [6.45, 7) is 4.19. The number of carbonyl (C=O) groups is 1. The second-order valence-corrected chi connectivity index (χ2v) is 8.08. The van der Waals surface area contributed by atoms with Crippen LogP contribution in [0, 0.1) is 0 Å². The SMILES string of the molecule is CN(C(=O)COc1ccc2c(c1)CCCN2)[C@H](CN1CCCC1)c1ccccc1.CO. The van der Waals surface area contributed by atoms with Crippen LogP contribution in [0.3, 0.4) is 0 Å². The van der Waals surface area contributed by atoms with Crippen molar-refractivity contribution in [3.05, 3.63) is 59.7 Å². The summed E-state index contributed by atoms with van der Waals surface area (Å²) in [4.78, 5) is 17.3. The van der Waals surface area contributed by atoms with Crippen LogP contribution >= 0.6 is 0 Å². The van der Waals surface area contributed by atoms with Gasteiger partial charge in [-0.1, -0.05) is 30.3 Å². The van der Waals surface area contributed by atoms with Gasteiger partial charge in [-0.2, -0.15) is 0 Å². The molecule has 31 heavy (non-hydrogen) atoms. The summed E-state index contributed by atoms with van der Waals surface area (Å²) >= 11 is 0. The zero-order valence-electron chi connectivity index (χ0n) is 18.7. The fourth-order valence-corrected chi connectivity index (χ4v) is 4.30. The number of anilines is 1. The average Bonchev–Trinajstić information content (AvgIpc) is 3.35. The first-order valence-electron chi connectivity index (χ1n) is 11.2. The Morgan fingerprint density at radius 2 is 1.87 bits per heavy atom. The molecule has 0 spiro atoms. The van der Waals surface area contributed by atoms with E-state index >= 15 is 0 Å². The highest BCUT2D eigenvalue weighted by Crippen LogP contribution is 2.27. The van der Waals surface area contributed by atoms with Gasteiger partial charge in [0.2, 0.25) is 0 Å². The van der Waals surface area contributed by atoms with Crippen LogP contribution in [0.25, 0.3) is 0 Å². The van der Waals surface area contributed by atoms with Crippen molar-refractivity contribution in [1.82, 2.24) is 9.80 Å². The predicted molar refractivity (Wildman–Crippen MR) is 125 cm³/mol. The smallest absolute Gasteiger partial charge is 0.260 e. The number of hydrogen-bond donors (Lipinski definition) is 2. The fraction of sp³-hybridized carbons (Fsp3) is 0.480. The molecular formula is C25H35N3O3. The van der Waals surface area contributed by atoms with E-state index in [0.29, 0.717) is 0 Å². The molecule has 1 amide bonds. The summed E-state index contributed by atoms with van der Waals surface area (Å²) in [7, 11) is 2.90.